The van der Waals surface area contributed by atoms with E-state index in [1.807, 2.05) is 48.7 Å². The van der Waals surface area contributed by atoms with Crippen molar-refractivity contribution < 1.29 is 17.9 Å². The first-order chi connectivity index (χ1) is 13.9. The van der Waals surface area contributed by atoms with E-state index in [4.69, 9.17) is 4.74 Å². The van der Waals surface area contributed by atoms with Crippen molar-refractivity contribution in [3.8, 4) is 5.75 Å². The molecule has 1 amide bonds. The molecule has 2 N–H and O–H groups in total. The molecule has 0 radical (unpaired) electrons. The molecule has 3 aromatic rings. The van der Waals surface area contributed by atoms with Crippen LogP contribution in [-0.2, 0) is 16.6 Å². The number of carbonyl (C=O) groups excluding carboxylic acids is 1. The second-order valence-corrected chi connectivity index (χ2v) is 9.14. The Labute approximate surface area is 174 Å². The van der Waals surface area contributed by atoms with Crippen molar-refractivity contribution in [2.45, 2.75) is 18.4 Å². The molecule has 0 saturated carbocycles. The molecule has 0 spiro atoms. The summed E-state index contributed by atoms with van der Waals surface area (Å²) in [5.41, 5.74) is 1.54. The first kappa shape index (κ1) is 21.0. The van der Waals surface area contributed by atoms with E-state index in [9.17, 15) is 13.2 Å². The maximum Gasteiger partial charge on any atom is 0.251 e. The van der Waals surface area contributed by atoms with Crippen LogP contribution in [0, 0.1) is 6.92 Å². The van der Waals surface area contributed by atoms with E-state index in [0.29, 0.717) is 18.7 Å². The highest BCUT2D eigenvalue weighted by Crippen LogP contribution is 2.14. The van der Waals surface area contributed by atoms with E-state index in [1.54, 1.807) is 0 Å². The van der Waals surface area contributed by atoms with Gasteiger partial charge in [-0.3, -0.25) is 4.79 Å². The molecular weight excluding hydrogens is 408 g/mol. The van der Waals surface area contributed by atoms with Crippen molar-refractivity contribution in [2.75, 3.05) is 13.2 Å². The van der Waals surface area contributed by atoms with E-state index >= 15 is 0 Å². The Balaban J connectivity index is 1.48. The Morgan fingerprint density at radius 1 is 1.03 bits per heavy atom. The van der Waals surface area contributed by atoms with Gasteiger partial charge in [-0.15, -0.1) is 11.3 Å². The van der Waals surface area contributed by atoms with E-state index in [2.05, 4.69) is 10.0 Å². The number of carbonyl (C=O) groups is 1. The highest BCUT2D eigenvalue weighted by Gasteiger charge is 2.15. The van der Waals surface area contributed by atoms with Gasteiger partial charge < -0.3 is 10.1 Å². The third kappa shape index (κ3) is 6.15. The number of aryl methyl sites for hydroxylation is 1. The number of benzene rings is 2. The SMILES string of the molecule is Cc1ccc(OCCNC(=O)c2ccc(S(=O)(=O)NCc3cccs3)cc2)cc1. The van der Waals surface area contributed by atoms with Gasteiger partial charge in [-0.25, -0.2) is 13.1 Å². The normalized spacial score (nSPS) is 11.2. The van der Waals surface area contributed by atoms with Crippen molar-refractivity contribution in [1.82, 2.24) is 10.0 Å². The summed E-state index contributed by atoms with van der Waals surface area (Å²) in [4.78, 5) is 13.3. The standard InChI is InChI=1S/C21H22N2O4S2/c1-16-4-8-18(9-5-16)27-13-12-22-21(24)17-6-10-20(11-7-17)29(25,26)23-15-19-3-2-14-28-19/h2-11,14,23H,12-13,15H2,1H3,(H,22,24). The number of ether oxygens (including phenoxy) is 1. The minimum Gasteiger partial charge on any atom is -0.492 e. The van der Waals surface area contributed by atoms with Gasteiger partial charge in [0.25, 0.3) is 5.91 Å². The molecule has 2 aromatic carbocycles. The largest absolute Gasteiger partial charge is 0.492 e. The second kappa shape index (κ2) is 9.69. The summed E-state index contributed by atoms with van der Waals surface area (Å²) in [5.74, 6) is 0.461. The number of rotatable bonds is 9. The smallest absolute Gasteiger partial charge is 0.251 e. The number of amides is 1. The molecular formula is C21H22N2O4S2. The molecule has 0 aliphatic heterocycles. The Kier molecular flexibility index (Phi) is 7.03. The molecule has 0 aliphatic carbocycles. The van der Waals surface area contributed by atoms with Crippen LogP contribution in [0.5, 0.6) is 5.75 Å². The molecule has 3 rings (SSSR count). The number of hydrogen-bond donors (Lipinski definition) is 2. The number of hydrogen-bond acceptors (Lipinski definition) is 5. The first-order valence-corrected chi connectivity index (χ1v) is 11.4. The summed E-state index contributed by atoms with van der Waals surface area (Å²) < 4.78 is 32.8. The van der Waals surface area contributed by atoms with Gasteiger partial charge in [0.1, 0.15) is 12.4 Å². The Morgan fingerprint density at radius 3 is 2.41 bits per heavy atom. The topological polar surface area (TPSA) is 84.5 Å². The van der Waals surface area contributed by atoms with Gasteiger partial charge in [-0.05, 0) is 54.8 Å². The summed E-state index contributed by atoms with van der Waals surface area (Å²) in [6.45, 7) is 2.92. The lowest BCUT2D eigenvalue weighted by atomic mass is 10.2. The summed E-state index contributed by atoms with van der Waals surface area (Å²) in [6, 6.07) is 17.2. The van der Waals surface area contributed by atoms with Crippen LogP contribution in [0.2, 0.25) is 0 Å². The molecule has 29 heavy (non-hydrogen) atoms. The predicted octanol–water partition coefficient (Wildman–Crippen LogP) is 3.34. The minimum absolute atomic E-state index is 0.119. The van der Waals surface area contributed by atoms with Gasteiger partial charge in [-0.1, -0.05) is 23.8 Å². The second-order valence-electron chi connectivity index (χ2n) is 6.35. The van der Waals surface area contributed by atoms with Crippen molar-refractivity contribution in [3.63, 3.8) is 0 Å². The Morgan fingerprint density at radius 2 is 1.76 bits per heavy atom. The lowest BCUT2D eigenvalue weighted by molar-refractivity contribution is 0.0947. The Hall–Kier alpha value is -2.68. The maximum absolute atomic E-state index is 12.4. The quantitative estimate of drug-likeness (QED) is 0.510. The van der Waals surface area contributed by atoms with E-state index < -0.39 is 10.0 Å². The Bertz CT molecular complexity index is 1030. The number of sulfonamides is 1. The van der Waals surface area contributed by atoms with Gasteiger partial charge in [0.2, 0.25) is 10.0 Å². The molecule has 0 aliphatic rings. The third-order valence-electron chi connectivity index (χ3n) is 4.12. The van der Waals surface area contributed by atoms with E-state index in [0.717, 1.165) is 16.2 Å². The summed E-state index contributed by atoms with van der Waals surface area (Å²) in [6.07, 6.45) is 0. The zero-order chi connectivity index (χ0) is 20.7. The highest BCUT2D eigenvalue weighted by molar-refractivity contribution is 7.89. The van der Waals surface area contributed by atoms with Crippen LogP contribution in [0.25, 0.3) is 0 Å². The maximum atomic E-state index is 12.4. The number of nitrogens with one attached hydrogen (secondary N) is 2. The molecule has 0 atom stereocenters. The van der Waals surface area contributed by atoms with Gasteiger partial charge in [0.15, 0.2) is 0 Å². The molecule has 152 valence electrons. The van der Waals surface area contributed by atoms with Crippen LogP contribution >= 0.6 is 11.3 Å². The van der Waals surface area contributed by atoms with Gasteiger partial charge in [0.05, 0.1) is 11.4 Å². The fourth-order valence-corrected chi connectivity index (χ4v) is 4.26. The summed E-state index contributed by atoms with van der Waals surface area (Å²) in [5, 5.41) is 4.65. The van der Waals surface area contributed by atoms with Crippen molar-refractivity contribution in [3.05, 3.63) is 82.0 Å². The fourth-order valence-electron chi connectivity index (χ4n) is 2.52. The van der Waals surface area contributed by atoms with Crippen molar-refractivity contribution in [2.24, 2.45) is 0 Å². The lowest BCUT2D eigenvalue weighted by Crippen LogP contribution is -2.28. The van der Waals surface area contributed by atoms with Gasteiger partial charge in [0, 0.05) is 17.0 Å². The molecule has 0 unspecified atom stereocenters. The average Bonchev–Trinajstić information content (AvgIpc) is 3.25. The third-order valence-corrected chi connectivity index (χ3v) is 6.41. The molecule has 0 fully saturated rings. The van der Waals surface area contributed by atoms with E-state index in [1.165, 1.54) is 35.6 Å². The van der Waals surface area contributed by atoms with Gasteiger partial charge >= 0.3 is 0 Å². The summed E-state index contributed by atoms with van der Waals surface area (Å²) >= 11 is 1.48. The fraction of sp³-hybridized carbons (Fsp3) is 0.190. The number of thiophene rings is 1. The minimum atomic E-state index is -3.63. The van der Waals surface area contributed by atoms with Crippen LogP contribution in [-0.4, -0.2) is 27.5 Å². The average molecular weight is 431 g/mol. The summed E-state index contributed by atoms with van der Waals surface area (Å²) in [7, 11) is -3.63. The van der Waals surface area contributed by atoms with Crippen LogP contribution in [0.1, 0.15) is 20.8 Å². The molecule has 6 nitrogen and oxygen atoms in total. The molecule has 0 saturated heterocycles. The molecule has 1 heterocycles. The van der Waals surface area contributed by atoms with E-state index in [-0.39, 0.29) is 17.3 Å². The van der Waals surface area contributed by atoms with Crippen LogP contribution in [0.4, 0.5) is 0 Å². The predicted molar refractivity (Wildman–Crippen MR) is 114 cm³/mol. The highest BCUT2D eigenvalue weighted by atomic mass is 32.2. The molecule has 8 heteroatoms. The monoisotopic (exact) mass is 430 g/mol. The van der Waals surface area contributed by atoms with Gasteiger partial charge in [-0.2, -0.15) is 0 Å². The van der Waals surface area contributed by atoms with Crippen molar-refractivity contribution in [1.29, 1.82) is 0 Å². The lowest BCUT2D eigenvalue weighted by Gasteiger charge is -2.09. The van der Waals surface area contributed by atoms with Crippen molar-refractivity contribution >= 4 is 27.3 Å². The molecule has 0 bridgehead atoms. The molecule has 1 aromatic heterocycles. The van der Waals surface area contributed by atoms with Crippen LogP contribution in [0.15, 0.2) is 70.9 Å². The zero-order valence-electron chi connectivity index (χ0n) is 15.9. The zero-order valence-corrected chi connectivity index (χ0v) is 17.6. The van der Waals surface area contributed by atoms with Crippen LogP contribution < -0.4 is 14.8 Å². The van der Waals surface area contributed by atoms with Crippen LogP contribution in [0.3, 0.4) is 0 Å². The first-order valence-electron chi connectivity index (χ1n) is 9.04.